The van der Waals surface area contributed by atoms with Gasteiger partial charge in [0, 0.05) is 96.8 Å². The molecule has 5 nitrogen and oxygen atoms in total. The molecule has 0 unspecified atom stereocenters. The van der Waals surface area contributed by atoms with Gasteiger partial charge in [0.05, 0.1) is 44.1 Å². The SMILES string of the molecule is c1ccc(-c2ccc(-n3c4ccc(-c5ccc6c(c5)c5ccccc5n6-c5ccccc5)cc4c4cc(-c5cccc6oc7ccccc7c56)ccc43)cc2)cc1.c1ccc(-c2cccc(-n3c4ccc(-c5ccc6c(c5)c5ccccc5n6-c5ccccc5)cc4c4cc(-c5cccc6c5sc5ccccc56)ccc43)c2)cc1. The third kappa shape index (κ3) is 10.6. The smallest absolute Gasteiger partial charge is 0.136 e. The highest BCUT2D eigenvalue weighted by Gasteiger charge is 2.23. The van der Waals surface area contributed by atoms with Crippen LogP contribution in [0.2, 0.25) is 0 Å². The van der Waals surface area contributed by atoms with Crippen LogP contribution in [0.5, 0.6) is 0 Å². The molecule has 114 heavy (non-hydrogen) atoms. The van der Waals surface area contributed by atoms with Crippen molar-refractivity contribution in [2.75, 3.05) is 0 Å². The molecule has 24 aromatic rings. The molecule has 18 aromatic carbocycles. The van der Waals surface area contributed by atoms with Crippen LogP contribution in [0.3, 0.4) is 0 Å². The monoisotopic (exact) mass is 1470 g/mol. The van der Waals surface area contributed by atoms with Crippen molar-refractivity contribution in [1.82, 2.24) is 18.3 Å². The molecule has 24 rings (SSSR count). The second-order valence-electron chi connectivity index (χ2n) is 29.8. The lowest BCUT2D eigenvalue weighted by Gasteiger charge is -2.11. The summed E-state index contributed by atoms with van der Waals surface area (Å²) in [4.78, 5) is 0. The number of benzene rings is 18. The summed E-state index contributed by atoms with van der Waals surface area (Å²) in [6, 6.07) is 150. The third-order valence-corrected chi connectivity index (χ3v) is 24.7. The van der Waals surface area contributed by atoms with E-state index in [1.54, 1.807) is 0 Å². The summed E-state index contributed by atoms with van der Waals surface area (Å²) in [6.45, 7) is 0. The van der Waals surface area contributed by atoms with Gasteiger partial charge in [-0.2, -0.15) is 0 Å². The first-order valence-corrected chi connectivity index (χ1v) is 39.8. The van der Waals surface area contributed by atoms with E-state index in [1.807, 2.05) is 17.4 Å². The summed E-state index contributed by atoms with van der Waals surface area (Å²) >= 11 is 1.89. The molecule has 0 aliphatic carbocycles. The van der Waals surface area contributed by atoms with Crippen molar-refractivity contribution in [3.8, 4) is 89.5 Å². The second kappa shape index (κ2) is 26.5. The summed E-state index contributed by atoms with van der Waals surface area (Å²) < 4.78 is 18.6. The molecule has 532 valence electrons. The number of thiophene rings is 1. The number of fused-ring (bicyclic) bond motifs is 18. The van der Waals surface area contributed by atoms with Gasteiger partial charge in [-0.25, -0.2) is 0 Å². The summed E-state index contributed by atoms with van der Waals surface area (Å²) in [5.74, 6) is 0. The Labute approximate surface area is 660 Å². The highest BCUT2D eigenvalue weighted by atomic mass is 32.1. The van der Waals surface area contributed by atoms with E-state index in [-0.39, 0.29) is 0 Å². The van der Waals surface area contributed by atoms with Crippen LogP contribution in [0.1, 0.15) is 0 Å². The summed E-state index contributed by atoms with van der Waals surface area (Å²) in [5.41, 5.74) is 30.5. The highest BCUT2D eigenvalue weighted by molar-refractivity contribution is 7.26. The molecule has 6 heterocycles. The average Bonchev–Trinajstić information content (AvgIpc) is 1.58. The molecule has 0 aliphatic heterocycles. The fourth-order valence-corrected chi connectivity index (χ4v) is 19.4. The number of hydrogen-bond donors (Lipinski definition) is 0. The van der Waals surface area contributed by atoms with Gasteiger partial charge in [0.25, 0.3) is 0 Å². The van der Waals surface area contributed by atoms with Gasteiger partial charge in [-0.15, -0.1) is 11.3 Å². The first kappa shape index (κ1) is 65.1. The molecular weight excluding hydrogens is 1400 g/mol. The van der Waals surface area contributed by atoms with Crippen LogP contribution in [0.4, 0.5) is 0 Å². The van der Waals surface area contributed by atoms with Crippen molar-refractivity contribution >= 4 is 141 Å². The zero-order chi connectivity index (χ0) is 74.9. The molecule has 0 spiro atoms. The van der Waals surface area contributed by atoms with Gasteiger partial charge in [-0.05, 0) is 218 Å². The Kier molecular flexibility index (Phi) is 15.1. The molecule has 0 saturated heterocycles. The van der Waals surface area contributed by atoms with Crippen molar-refractivity contribution in [1.29, 1.82) is 0 Å². The zero-order valence-electron chi connectivity index (χ0n) is 61.9. The molecule has 6 heteroatoms. The third-order valence-electron chi connectivity index (χ3n) is 23.4. The Hall–Kier alpha value is -14.8. The van der Waals surface area contributed by atoms with Crippen molar-refractivity contribution in [3.05, 3.63) is 413 Å². The van der Waals surface area contributed by atoms with Crippen molar-refractivity contribution in [3.63, 3.8) is 0 Å². The Bertz CT molecular complexity index is 7950. The quantitative estimate of drug-likeness (QED) is 0.134. The maximum Gasteiger partial charge on any atom is 0.136 e. The maximum atomic E-state index is 6.32. The highest BCUT2D eigenvalue weighted by Crippen LogP contribution is 2.47. The largest absolute Gasteiger partial charge is 0.456 e. The van der Waals surface area contributed by atoms with Crippen LogP contribution < -0.4 is 0 Å². The lowest BCUT2D eigenvalue weighted by atomic mass is 9.97. The van der Waals surface area contributed by atoms with E-state index < -0.39 is 0 Å². The minimum atomic E-state index is 0.904. The molecule has 0 atom stereocenters. The summed E-state index contributed by atoms with van der Waals surface area (Å²) in [6.07, 6.45) is 0. The molecule has 0 aliphatic rings. The number of furan rings is 1. The van der Waals surface area contributed by atoms with Gasteiger partial charge in [-0.1, -0.05) is 261 Å². The topological polar surface area (TPSA) is 32.9 Å². The molecule has 0 saturated carbocycles. The molecule has 0 fully saturated rings. The molecular formula is C108H68N4OS. The molecule has 0 radical (unpaired) electrons. The number of hydrogen-bond acceptors (Lipinski definition) is 2. The molecule has 0 N–H and O–H groups in total. The standard InChI is InChI=1S/C54H34N2O.C54H34N2S/c1-3-12-35(13-4-1)36-22-27-41(28-23-36)56-50-30-25-38(37-24-29-49-45(32-37)43-16-7-9-19-48(43)55(49)40-14-5-2-6-15-40)33-46(50)47-34-39(26-31-51(47)56)42-18-11-21-53-54(42)44-17-8-10-20-52(44)57-53;1-3-13-35(14-4-1)36-15-11-18-41(31-36)56-51-29-26-38(37-25-28-50-46(32-37)43-19-7-9-23-49(43)55(50)40-16-5-2-6-17-40)33-47(51)48-34-39(27-30-52(48)56)42-21-12-22-45-44-20-8-10-24-53(44)57-54(42)45/h2*1-34H. The Morgan fingerprint density at radius 3 is 1.03 bits per heavy atom. The minimum absolute atomic E-state index is 0.904. The fourth-order valence-electron chi connectivity index (χ4n) is 18.2. The van der Waals surface area contributed by atoms with Crippen LogP contribution in [-0.2, 0) is 0 Å². The number of aromatic nitrogens is 4. The average molecular weight is 1470 g/mol. The predicted octanol–water partition coefficient (Wildman–Crippen LogP) is 30.0. The van der Waals surface area contributed by atoms with Gasteiger partial charge >= 0.3 is 0 Å². The minimum Gasteiger partial charge on any atom is -0.456 e. The van der Waals surface area contributed by atoms with Gasteiger partial charge in [0.15, 0.2) is 0 Å². The van der Waals surface area contributed by atoms with Crippen LogP contribution in [-0.4, -0.2) is 18.3 Å². The van der Waals surface area contributed by atoms with E-state index in [0.717, 1.165) is 39.0 Å². The van der Waals surface area contributed by atoms with Gasteiger partial charge in [0.2, 0.25) is 0 Å². The maximum absolute atomic E-state index is 6.32. The molecule has 0 bridgehead atoms. The number of rotatable bonds is 10. The second-order valence-corrected chi connectivity index (χ2v) is 30.9. The van der Waals surface area contributed by atoms with Gasteiger partial charge in [-0.3, -0.25) is 0 Å². The zero-order valence-corrected chi connectivity index (χ0v) is 62.7. The van der Waals surface area contributed by atoms with E-state index in [9.17, 15) is 0 Å². The van der Waals surface area contributed by atoms with E-state index in [2.05, 4.69) is 425 Å². The first-order valence-electron chi connectivity index (χ1n) is 39.0. The van der Waals surface area contributed by atoms with Crippen LogP contribution in [0.25, 0.3) is 219 Å². The van der Waals surface area contributed by atoms with Gasteiger partial charge in [0.1, 0.15) is 11.2 Å². The van der Waals surface area contributed by atoms with Crippen molar-refractivity contribution in [2.45, 2.75) is 0 Å². The van der Waals surface area contributed by atoms with Crippen LogP contribution >= 0.6 is 11.3 Å². The van der Waals surface area contributed by atoms with Crippen molar-refractivity contribution in [2.24, 2.45) is 0 Å². The van der Waals surface area contributed by atoms with E-state index in [4.69, 9.17) is 4.42 Å². The molecule has 0 amide bonds. The summed E-state index contributed by atoms with van der Waals surface area (Å²) in [5, 5.41) is 14.8. The van der Waals surface area contributed by atoms with E-state index in [0.29, 0.717) is 0 Å². The molecule has 6 aromatic heterocycles. The Morgan fingerprint density at radius 1 is 0.175 bits per heavy atom. The lowest BCUT2D eigenvalue weighted by molar-refractivity contribution is 0.669. The number of nitrogens with zero attached hydrogens (tertiary/aromatic N) is 4. The lowest BCUT2D eigenvalue weighted by Crippen LogP contribution is -1.94. The first-order chi connectivity index (χ1) is 56.5. The Balaban J connectivity index is 0.000000135. The normalized spacial score (nSPS) is 11.9. The van der Waals surface area contributed by atoms with Crippen molar-refractivity contribution < 1.29 is 4.42 Å². The predicted molar refractivity (Wildman–Crippen MR) is 483 cm³/mol. The van der Waals surface area contributed by atoms with E-state index >= 15 is 0 Å². The van der Waals surface area contributed by atoms with Crippen LogP contribution in [0.15, 0.2) is 417 Å². The van der Waals surface area contributed by atoms with Gasteiger partial charge < -0.3 is 22.7 Å². The Morgan fingerprint density at radius 2 is 0.491 bits per heavy atom. The van der Waals surface area contributed by atoms with Crippen LogP contribution in [0, 0.1) is 0 Å². The fraction of sp³-hybridized carbons (Fsp3) is 0. The number of para-hydroxylation sites is 5. The van der Waals surface area contributed by atoms with E-state index in [1.165, 1.54) is 180 Å². The summed E-state index contributed by atoms with van der Waals surface area (Å²) in [7, 11) is 0.